The van der Waals surface area contributed by atoms with Crippen LogP contribution in [-0.2, 0) is 0 Å². The average Bonchev–Trinajstić information content (AvgIpc) is 2.89. The van der Waals surface area contributed by atoms with E-state index in [1.807, 2.05) is 24.3 Å². The van der Waals surface area contributed by atoms with Gasteiger partial charge in [-0.25, -0.2) is 0 Å². The molecule has 1 aliphatic heterocycles. The molecule has 1 aromatic carbocycles. The maximum Gasteiger partial charge on any atom is 0.167 e. The standard InChI is InChI=1S/C14H19NO2/c1-17-14-7-3-2-6-12(14)13(16)8-11-15-9-4-5-10-15/h2-3,6-7H,4-5,8-11H2,1H3. The third-order valence-corrected chi connectivity index (χ3v) is 3.26. The summed E-state index contributed by atoms with van der Waals surface area (Å²) in [5.41, 5.74) is 0.703. The summed E-state index contributed by atoms with van der Waals surface area (Å²) in [6.07, 6.45) is 3.12. The van der Waals surface area contributed by atoms with Crippen LogP contribution in [0.15, 0.2) is 24.3 Å². The number of likely N-dealkylation sites (tertiary alicyclic amines) is 1. The quantitative estimate of drug-likeness (QED) is 0.731. The zero-order valence-electron chi connectivity index (χ0n) is 10.3. The molecule has 0 saturated carbocycles. The van der Waals surface area contributed by atoms with E-state index in [0.29, 0.717) is 17.7 Å². The highest BCUT2D eigenvalue weighted by Gasteiger charge is 2.15. The highest BCUT2D eigenvalue weighted by molar-refractivity contribution is 5.98. The number of ketones is 1. The smallest absolute Gasteiger partial charge is 0.167 e. The highest BCUT2D eigenvalue weighted by Crippen LogP contribution is 2.19. The fourth-order valence-electron chi connectivity index (χ4n) is 2.28. The highest BCUT2D eigenvalue weighted by atomic mass is 16.5. The fraction of sp³-hybridized carbons (Fsp3) is 0.500. The molecule has 3 nitrogen and oxygen atoms in total. The molecule has 0 bridgehead atoms. The number of nitrogens with zero attached hydrogens (tertiary/aromatic N) is 1. The van der Waals surface area contributed by atoms with Crippen LogP contribution in [0.4, 0.5) is 0 Å². The van der Waals surface area contributed by atoms with Gasteiger partial charge in [-0.2, -0.15) is 0 Å². The Kier molecular flexibility index (Phi) is 4.15. The zero-order valence-corrected chi connectivity index (χ0v) is 10.3. The van der Waals surface area contributed by atoms with Crippen molar-refractivity contribution in [3.8, 4) is 5.75 Å². The van der Waals surface area contributed by atoms with E-state index in [1.54, 1.807) is 7.11 Å². The van der Waals surface area contributed by atoms with Crippen molar-refractivity contribution >= 4 is 5.78 Å². The Hall–Kier alpha value is -1.35. The molecule has 1 saturated heterocycles. The minimum Gasteiger partial charge on any atom is -0.496 e. The molecule has 92 valence electrons. The van der Waals surface area contributed by atoms with Gasteiger partial charge in [0.05, 0.1) is 12.7 Å². The number of benzene rings is 1. The van der Waals surface area contributed by atoms with Gasteiger partial charge in [-0.1, -0.05) is 12.1 Å². The number of hydrogen-bond acceptors (Lipinski definition) is 3. The summed E-state index contributed by atoms with van der Waals surface area (Å²) in [4.78, 5) is 14.4. The van der Waals surface area contributed by atoms with Gasteiger partial charge in [0.15, 0.2) is 5.78 Å². The molecule has 1 fully saturated rings. The molecule has 0 amide bonds. The lowest BCUT2D eigenvalue weighted by atomic mass is 10.1. The van der Waals surface area contributed by atoms with Crippen molar-refractivity contribution < 1.29 is 9.53 Å². The van der Waals surface area contributed by atoms with Crippen LogP contribution in [0.5, 0.6) is 5.75 Å². The second kappa shape index (κ2) is 5.82. The van der Waals surface area contributed by atoms with Crippen LogP contribution in [0.2, 0.25) is 0 Å². The normalized spacial score (nSPS) is 16.1. The largest absolute Gasteiger partial charge is 0.496 e. The minimum atomic E-state index is 0.175. The summed E-state index contributed by atoms with van der Waals surface area (Å²) in [7, 11) is 1.60. The predicted octanol–water partition coefficient (Wildman–Crippen LogP) is 2.36. The van der Waals surface area contributed by atoms with E-state index in [4.69, 9.17) is 4.74 Å². The van der Waals surface area contributed by atoms with Gasteiger partial charge in [0.2, 0.25) is 0 Å². The van der Waals surface area contributed by atoms with Crippen LogP contribution < -0.4 is 4.74 Å². The van der Waals surface area contributed by atoms with Gasteiger partial charge in [-0.05, 0) is 38.1 Å². The Balaban J connectivity index is 1.94. The molecule has 1 aromatic rings. The number of rotatable bonds is 5. The molecular formula is C14H19NO2. The third-order valence-electron chi connectivity index (χ3n) is 3.26. The molecular weight excluding hydrogens is 214 g/mol. The fourth-order valence-corrected chi connectivity index (χ4v) is 2.28. The first kappa shape index (κ1) is 12.1. The van der Waals surface area contributed by atoms with Crippen molar-refractivity contribution in [1.82, 2.24) is 4.90 Å². The van der Waals surface area contributed by atoms with Gasteiger partial charge in [0, 0.05) is 13.0 Å². The van der Waals surface area contributed by atoms with Gasteiger partial charge in [-0.3, -0.25) is 4.79 Å². The maximum atomic E-state index is 12.1. The van der Waals surface area contributed by atoms with Crippen LogP contribution in [0.1, 0.15) is 29.6 Å². The van der Waals surface area contributed by atoms with Crippen molar-refractivity contribution in [3.63, 3.8) is 0 Å². The van der Waals surface area contributed by atoms with Crippen molar-refractivity contribution in [3.05, 3.63) is 29.8 Å². The minimum absolute atomic E-state index is 0.175. The molecule has 2 rings (SSSR count). The van der Waals surface area contributed by atoms with Gasteiger partial charge in [-0.15, -0.1) is 0 Å². The lowest BCUT2D eigenvalue weighted by molar-refractivity contribution is 0.0966. The Labute approximate surface area is 102 Å². The van der Waals surface area contributed by atoms with Crippen molar-refractivity contribution in [1.29, 1.82) is 0 Å². The molecule has 0 spiro atoms. The number of para-hydroxylation sites is 1. The summed E-state index contributed by atoms with van der Waals surface area (Å²) in [6, 6.07) is 7.44. The molecule has 0 radical (unpaired) electrons. The first-order valence-corrected chi connectivity index (χ1v) is 6.20. The van der Waals surface area contributed by atoms with Gasteiger partial charge >= 0.3 is 0 Å². The summed E-state index contributed by atoms with van der Waals surface area (Å²) in [5, 5.41) is 0. The second-order valence-electron chi connectivity index (χ2n) is 4.42. The maximum absolute atomic E-state index is 12.1. The number of ether oxygens (including phenoxy) is 1. The van der Waals surface area contributed by atoms with E-state index in [2.05, 4.69) is 4.90 Å². The van der Waals surface area contributed by atoms with Gasteiger partial charge in [0.25, 0.3) is 0 Å². The van der Waals surface area contributed by atoms with Crippen LogP contribution >= 0.6 is 0 Å². The lowest BCUT2D eigenvalue weighted by Crippen LogP contribution is -2.22. The molecule has 0 aliphatic carbocycles. The van der Waals surface area contributed by atoms with Crippen LogP contribution in [0.3, 0.4) is 0 Å². The van der Waals surface area contributed by atoms with E-state index in [-0.39, 0.29) is 5.78 Å². The Morgan fingerprint density at radius 3 is 2.71 bits per heavy atom. The molecule has 0 N–H and O–H groups in total. The molecule has 0 atom stereocenters. The second-order valence-corrected chi connectivity index (χ2v) is 4.42. The monoisotopic (exact) mass is 233 g/mol. The van der Waals surface area contributed by atoms with Crippen LogP contribution in [-0.4, -0.2) is 37.4 Å². The Morgan fingerprint density at radius 1 is 1.29 bits per heavy atom. The van der Waals surface area contributed by atoms with E-state index < -0.39 is 0 Å². The molecule has 0 aromatic heterocycles. The Morgan fingerprint density at radius 2 is 2.00 bits per heavy atom. The van der Waals surface area contributed by atoms with E-state index in [9.17, 15) is 4.79 Å². The first-order chi connectivity index (χ1) is 8.31. The van der Waals surface area contributed by atoms with E-state index in [0.717, 1.165) is 19.6 Å². The lowest BCUT2D eigenvalue weighted by Gasteiger charge is -2.14. The summed E-state index contributed by atoms with van der Waals surface area (Å²) >= 11 is 0. The third kappa shape index (κ3) is 3.07. The van der Waals surface area contributed by atoms with Crippen LogP contribution in [0.25, 0.3) is 0 Å². The van der Waals surface area contributed by atoms with Crippen molar-refractivity contribution in [2.75, 3.05) is 26.7 Å². The Bertz CT molecular complexity index is 384. The number of carbonyl (C=O) groups excluding carboxylic acids is 1. The number of hydrogen-bond donors (Lipinski definition) is 0. The summed E-state index contributed by atoms with van der Waals surface area (Å²) in [5.74, 6) is 0.855. The van der Waals surface area contributed by atoms with Gasteiger partial charge < -0.3 is 9.64 Å². The van der Waals surface area contributed by atoms with E-state index >= 15 is 0 Å². The number of methoxy groups -OCH3 is 1. The SMILES string of the molecule is COc1ccccc1C(=O)CCN1CCCC1. The molecule has 1 heterocycles. The summed E-state index contributed by atoms with van der Waals surface area (Å²) in [6.45, 7) is 3.15. The van der Waals surface area contributed by atoms with Crippen LogP contribution in [0, 0.1) is 0 Å². The van der Waals surface area contributed by atoms with Crippen molar-refractivity contribution in [2.45, 2.75) is 19.3 Å². The van der Waals surface area contributed by atoms with E-state index in [1.165, 1.54) is 12.8 Å². The van der Waals surface area contributed by atoms with Gasteiger partial charge in [0.1, 0.15) is 5.75 Å². The molecule has 17 heavy (non-hydrogen) atoms. The predicted molar refractivity (Wildman–Crippen MR) is 67.6 cm³/mol. The average molecular weight is 233 g/mol. The zero-order chi connectivity index (χ0) is 12.1. The molecule has 3 heteroatoms. The molecule has 0 unspecified atom stereocenters. The number of carbonyl (C=O) groups is 1. The first-order valence-electron chi connectivity index (χ1n) is 6.20. The summed E-state index contributed by atoms with van der Waals surface area (Å²) < 4.78 is 5.20. The van der Waals surface area contributed by atoms with Crippen molar-refractivity contribution in [2.24, 2.45) is 0 Å². The topological polar surface area (TPSA) is 29.5 Å². The number of Topliss-reactive ketones (excluding diaryl/α,β-unsaturated/α-hetero) is 1. The molecule has 1 aliphatic rings.